The van der Waals surface area contributed by atoms with Gasteiger partial charge in [-0.3, -0.25) is 0 Å². The molecule has 0 bridgehead atoms. The standard InChI is InChI=1S/C8H7NO.Na.H/c1-6-7-4-2-3-5-8(7)10-9-6;;/h2-5H,1H3;;/q;+1;-1. The normalized spacial score (nSPS) is 9.55. The minimum atomic E-state index is 0. The molecule has 52 valence electrons. The van der Waals surface area contributed by atoms with Crippen LogP contribution in [0.3, 0.4) is 0 Å². The summed E-state index contributed by atoms with van der Waals surface area (Å²) in [4.78, 5) is 0. The van der Waals surface area contributed by atoms with Crippen molar-refractivity contribution in [2.45, 2.75) is 6.92 Å². The fourth-order valence-electron chi connectivity index (χ4n) is 1.01. The fraction of sp³-hybridized carbons (Fsp3) is 0.125. The van der Waals surface area contributed by atoms with Crippen molar-refractivity contribution >= 4 is 11.0 Å². The van der Waals surface area contributed by atoms with Gasteiger partial charge in [0.1, 0.15) is 0 Å². The van der Waals surface area contributed by atoms with Crippen LogP contribution in [0, 0.1) is 6.92 Å². The Hall–Kier alpha value is -0.310. The zero-order valence-electron chi connectivity index (χ0n) is 7.66. The van der Waals surface area contributed by atoms with Crippen LogP contribution in [0.2, 0.25) is 0 Å². The van der Waals surface area contributed by atoms with Crippen LogP contribution >= 0.6 is 0 Å². The van der Waals surface area contributed by atoms with E-state index in [1.54, 1.807) is 0 Å². The summed E-state index contributed by atoms with van der Waals surface area (Å²) in [5.41, 5.74) is 1.82. The van der Waals surface area contributed by atoms with Gasteiger partial charge >= 0.3 is 29.6 Å². The second-order valence-corrected chi connectivity index (χ2v) is 2.26. The van der Waals surface area contributed by atoms with Crippen molar-refractivity contribution in [1.82, 2.24) is 5.16 Å². The SMILES string of the molecule is Cc1noc2ccccc12.[H-].[Na+]. The first-order valence-electron chi connectivity index (χ1n) is 3.19. The molecule has 1 aromatic heterocycles. The fourth-order valence-corrected chi connectivity index (χ4v) is 1.01. The molecule has 1 aromatic carbocycles. The third-order valence-corrected chi connectivity index (χ3v) is 1.56. The second kappa shape index (κ2) is 3.39. The van der Waals surface area contributed by atoms with Gasteiger partial charge in [-0.2, -0.15) is 0 Å². The van der Waals surface area contributed by atoms with Gasteiger partial charge < -0.3 is 5.95 Å². The van der Waals surface area contributed by atoms with E-state index in [9.17, 15) is 0 Å². The maximum Gasteiger partial charge on any atom is 1.00 e. The molecule has 0 aliphatic heterocycles. The summed E-state index contributed by atoms with van der Waals surface area (Å²) in [5, 5.41) is 4.92. The first-order valence-corrected chi connectivity index (χ1v) is 3.19. The molecule has 2 nitrogen and oxygen atoms in total. The molecule has 2 aromatic rings. The molecule has 0 saturated heterocycles. The summed E-state index contributed by atoms with van der Waals surface area (Å²) < 4.78 is 5.00. The number of hydrogen-bond acceptors (Lipinski definition) is 2. The molecule has 0 N–H and O–H groups in total. The largest absolute Gasteiger partial charge is 1.00 e. The summed E-state index contributed by atoms with van der Waals surface area (Å²) in [7, 11) is 0. The molecule has 1 heterocycles. The Balaban J connectivity index is 0.000000605. The van der Waals surface area contributed by atoms with Gasteiger partial charge in [0, 0.05) is 5.39 Å². The molecular formula is C8H8NNaO. The molecule has 0 unspecified atom stereocenters. The molecule has 0 spiro atoms. The number of nitrogens with zero attached hydrogens (tertiary/aromatic N) is 1. The van der Waals surface area contributed by atoms with Gasteiger partial charge in [0.2, 0.25) is 0 Å². The van der Waals surface area contributed by atoms with Crippen LogP contribution in [0.4, 0.5) is 0 Å². The van der Waals surface area contributed by atoms with Crippen molar-refractivity contribution in [3.05, 3.63) is 30.0 Å². The molecule has 0 fully saturated rings. The monoisotopic (exact) mass is 157 g/mol. The maximum atomic E-state index is 5.00. The van der Waals surface area contributed by atoms with Crippen LogP contribution in [0.5, 0.6) is 0 Å². The molecular weight excluding hydrogens is 149 g/mol. The predicted molar refractivity (Wildman–Crippen MR) is 39.9 cm³/mol. The number of fused-ring (bicyclic) bond motifs is 1. The second-order valence-electron chi connectivity index (χ2n) is 2.26. The van der Waals surface area contributed by atoms with Crippen molar-refractivity contribution in [3.8, 4) is 0 Å². The molecule has 11 heavy (non-hydrogen) atoms. The molecule has 0 atom stereocenters. The molecule has 3 heteroatoms. The van der Waals surface area contributed by atoms with Gasteiger partial charge in [-0.15, -0.1) is 0 Å². The third-order valence-electron chi connectivity index (χ3n) is 1.56. The van der Waals surface area contributed by atoms with Crippen LogP contribution in [0.1, 0.15) is 7.12 Å². The van der Waals surface area contributed by atoms with Crippen molar-refractivity contribution in [3.63, 3.8) is 0 Å². The minimum absolute atomic E-state index is 0. The molecule has 0 aliphatic rings. The maximum absolute atomic E-state index is 5.00. The minimum Gasteiger partial charge on any atom is -1.00 e. The van der Waals surface area contributed by atoms with Gasteiger partial charge in [0.25, 0.3) is 0 Å². The van der Waals surface area contributed by atoms with Crippen LogP contribution in [-0.2, 0) is 0 Å². The van der Waals surface area contributed by atoms with E-state index in [1.807, 2.05) is 31.2 Å². The van der Waals surface area contributed by atoms with Crippen LogP contribution in [0.25, 0.3) is 11.0 Å². The summed E-state index contributed by atoms with van der Waals surface area (Å²) in [5.74, 6) is 0. The first-order chi connectivity index (χ1) is 4.88. The number of benzene rings is 1. The van der Waals surface area contributed by atoms with E-state index in [0.717, 1.165) is 16.7 Å². The van der Waals surface area contributed by atoms with Gasteiger partial charge in [0.15, 0.2) is 5.58 Å². The molecule has 2 rings (SSSR count). The molecule has 0 saturated carbocycles. The van der Waals surface area contributed by atoms with Crippen LogP contribution in [-0.4, -0.2) is 5.16 Å². The zero-order valence-corrected chi connectivity index (χ0v) is 8.66. The van der Waals surface area contributed by atoms with Gasteiger partial charge in [-0.1, -0.05) is 17.3 Å². The number of aryl methyl sites for hydroxylation is 1. The first kappa shape index (κ1) is 8.78. The Morgan fingerprint density at radius 3 is 2.82 bits per heavy atom. The van der Waals surface area contributed by atoms with Crippen molar-refractivity contribution in [2.75, 3.05) is 0 Å². The number of rotatable bonds is 0. The van der Waals surface area contributed by atoms with E-state index in [-0.39, 0.29) is 31.0 Å². The van der Waals surface area contributed by atoms with E-state index >= 15 is 0 Å². The van der Waals surface area contributed by atoms with E-state index in [4.69, 9.17) is 4.52 Å². The Kier molecular flexibility index (Phi) is 2.71. The van der Waals surface area contributed by atoms with Gasteiger partial charge in [0.05, 0.1) is 5.69 Å². The van der Waals surface area contributed by atoms with Crippen LogP contribution in [0.15, 0.2) is 28.8 Å². The Morgan fingerprint density at radius 2 is 2.09 bits per heavy atom. The average Bonchev–Trinajstić information content (AvgIpc) is 2.34. The quantitative estimate of drug-likeness (QED) is 0.470. The van der Waals surface area contributed by atoms with E-state index in [0.29, 0.717) is 0 Å². The Labute approximate surface area is 88.3 Å². The summed E-state index contributed by atoms with van der Waals surface area (Å²) in [6.07, 6.45) is 0. The summed E-state index contributed by atoms with van der Waals surface area (Å²) in [6, 6.07) is 7.83. The third kappa shape index (κ3) is 1.48. The average molecular weight is 157 g/mol. The van der Waals surface area contributed by atoms with Crippen molar-refractivity contribution in [1.29, 1.82) is 0 Å². The van der Waals surface area contributed by atoms with Crippen LogP contribution < -0.4 is 29.6 Å². The van der Waals surface area contributed by atoms with Crippen molar-refractivity contribution < 1.29 is 35.5 Å². The van der Waals surface area contributed by atoms with E-state index < -0.39 is 0 Å². The summed E-state index contributed by atoms with van der Waals surface area (Å²) in [6.45, 7) is 1.94. The molecule has 0 amide bonds. The zero-order chi connectivity index (χ0) is 6.97. The van der Waals surface area contributed by atoms with E-state index in [1.165, 1.54) is 0 Å². The molecule has 0 aliphatic carbocycles. The number of para-hydroxylation sites is 1. The number of hydrogen-bond donors (Lipinski definition) is 0. The van der Waals surface area contributed by atoms with Gasteiger partial charge in [-0.25, -0.2) is 0 Å². The van der Waals surface area contributed by atoms with Crippen molar-refractivity contribution in [2.24, 2.45) is 0 Å². The Morgan fingerprint density at radius 1 is 1.36 bits per heavy atom. The Bertz CT molecular complexity index is 361. The van der Waals surface area contributed by atoms with E-state index in [2.05, 4.69) is 5.16 Å². The topological polar surface area (TPSA) is 26.0 Å². The predicted octanol–water partition coefficient (Wildman–Crippen LogP) is -0.747. The molecule has 0 radical (unpaired) electrons. The number of aromatic nitrogens is 1. The van der Waals surface area contributed by atoms with Gasteiger partial charge in [-0.05, 0) is 19.1 Å². The summed E-state index contributed by atoms with van der Waals surface area (Å²) >= 11 is 0. The smallest absolute Gasteiger partial charge is 1.00 e.